The Bertz CT molecular complexity index is 1280. The van der Waals surface area contributed by atoms with Crippen LogP contribution < -0.4 is 21.1 Å². The maximum absolute atomic E-state index is 13.1. The number of hydrogen-bond acceptors (Lipinski definition) is 5. The van der Waals surface area contributed by atoms with Crippen LogP contribution in [0.25, 0.3) is 0 Å². The summed E-state index contributed by atoms with van der Waals surface area (Å²) in [5.41, 5.74) is 3.79. The first-order valence-corrected chi connectivity index (χ1v) is 10.6. The van der Waals surface area contributed by atoms with E-state index in [2.05, 4.69) is 32.7 Å². The van der Waals surface area contributed by atoms with E-state index in [-0.39, 0.29) is 23.7 Å². The number of benzene rings is 2. The van der Waals surface area contributed by atoms with Gasteiger partial charge in [-0.05, 0) is 36.1 Å². The number of fused-ring (bicyclic) bond motifs is 2. The first kappa shape index (κ1) is 20.0. The van der Waals surface area contributed by atoms with Crippen molar-refractivity contribution in [1.29, 1.82) is 0 Å². The molecule has 2 aliphatic heterocycles. The summed E-state index contributed by atoms with van der Waals surface area (Å²) in [6.45, 7) is 3.20. The van der Waals surface area contributed by atoms with Crippen LogP contribution in [0.2, 0.25) is 0 Å². The van der Waals surface area contributed by atoms with Crippen LogP contribution in [0.15, 0.2) is 53.3 Å². The highest BCUT2D eigenvalue weighted by atomic mass is 16.2. The van der Waals surface area contributed by atoms with Gasteiger partial charge in [-0.3, -0.25) is 19.4 Å². The van der Waals surface area contributed by atoms with E-state index in [0.717, 1.165) is 12.0 Å². The van der Waals surface area contributed by atoms with Crippen LogP contribution in [0.4, 0.5) is 17.5 Å². The van der Waals surface area contributed by atoms with Crippen LogP contribution in [0.5, 0.6) is 0 Å². The van der Waals surface area contributed by atoms with Crippen molar-refractivity contribution < 1.29 is 9.59 Å². The Kier molecular flexibility index (Phi) is 4.97. The standard InChI is InChI=1S/C24H23N5O3/c1-14-6-2-5-9-18(14)25-22(31)17-12-19(30)26-21-20(17)23(32)28-24(27-21)29-11-10-15-7-3-4-8-16(15)13-29/h2-9,17H,10-13H2,1H3,(H,25,31)(H2,26,27,28,30,32)/t17-/m1/s1. The molecule has 0 fully saturated rings. The van der Waals surface area contributed by atoms with Gasteiger partial charge in [0.25, 0.3) is 5.56 Å². The first-order valence-electron chi connectivity index (χ1n) is 10.6. The molecular formula is C24H23N5O3. The number of aromatic nitrogens is 2. The molecular weight excluding hydrogens is 406 g/mol. The summed E-state index contributed by atoms with van der Waals surface area (Å²) in [5, 5.41) is 5.53. The van der Waals surface area contributed by atoms with Crippen LogP contribution in [0.1, 0.15) is 34.6 Å². The maximum Gasteiger partial charge on any atom is 0.258 e. The molecule has 3 heterocycles. The van der Waals surface area contributed by atoms with Crippen LogP contribution in [0.3, 0.4) is 0 Å². The van der Waals surface area contributed by atoms with E-state index in [1.165, 1.54) is 11.1 Å². The molecule has 5 rings (SSSR count). The molecule has 1 aromatic heterocycles. The van der Waals surface area contributed by atoms with E-state index in [9.17, 15) is 14.4 Å². The minimum absolute atomic E-state index is 0.105. The average Bonchev–Trinajstić information content (AvgIpc) is 2.79. The van der Waals surface area contributed by atoms with Crippen molar-refractivity contribution in [2.24, 2.45) is 0 Å². The monoisotopic (exact) mass is 429 g/mol. The maximum atomic E-state index is 13.1. The van der Waals surface area contributed by atoms with Crippen LogP contribution in [-0.4, -0.2) is 28.3 Å². The predicted octanol–water partition coefficient (Wildman–Crippen LogP) is 2.71. The Morgan fingerprint density at radius 2 is 1.84 bits per heavy atom. The Labute approximate surface area is 184 Å². The topological polar surface area (TPSA) is 107 Å². The Morgan fingerprint density at radius 1 is 1.09 bits per heavy atom. The van der Waals surface area contributed by atoms with Crippen molar-refractivity contribution in [2.45, 2.75) is 32.2 Å². The molecule has 0 aliphatic carbocycles. The third-order valence-electron chi connectivity index (χ3n) is 6.09. The second kappa shape index (κ2) is 7.96. The van der Waals surface area contributed by atoms with Crippen LogP contribution in [-0.2, 0) is 22.6 Å². The number of nitrogens with zero attached hydrogens (tertiary/aromatic N) is 2. The fourth-order valence-corrected chi connectivity index (χ4v) is 4.34. The van der Waals surface area contributed by atoms with Crippen molar-refractivity contribution in [3.05, 3.63) is 81.1 Å². The van der Waals surface area contributed by atoms with Crippen LogP contribution in [0, 0.1) is 6.92 Å². The number of carbonyl (C=O) groups is 2. The van der Waals surface area contributed by atoms with Gasteiger partial charge >= 0.3 is 0 Å². The highest BCUT2D eigenvalue weighted by molar-refractivity contribution is 6.04. The molecule has 0 saturated heterocycles. The number of rotatable bonds is 3. The van der Waals surface area contributed by atoms with E-state index >= 15 is 0 Å². The predicted molar refractivity (Wildman–Crippen MR) is 122 cm³/mol. The molecule has 0 bridgehead atoms. The number of anilines is 3. The zero-order chi connectivity index (χ0) is 22.2. The fourth-order valence-electron chi connectivity index (χ4n) is 4.34. The summed E-state index contributed by atoms with van der Waals surface area (Å²) in [6, 6.07) is 15.5. The molecule has 0 saturated carbocycles. The van der Waals surface area contributed by atoms with Crippen molar-refractivity contribution in [1.82, 2.24) is 9.97 Å². The van der Waals surface area contributed by atoms with Crippen LogP contribution >= 0.6 is 0 Å². The molecule has 32 heavy (non-hydrogen) atoms. The van der Waals surface area contributed by atoms with E-state index in [0.29, 0.717) is 24.7 Å². The minimum atomic E-state index is -0.911. The SMILES string of the molecule is Cc1ccccc1NC(=O)[C@@H]1CC(=O)Nc2nc(N3CCc4ccccc4C3)[nH]c(=O)c21. The Morgan fingerprint density at radius 3 is 2.66 bits per heavy atom. The summed E-state index contributed by atoms with van der Waals surface area (Å²) in [5.74, 6) is -1.10. The number of para-hydroxylation sites is 1. The molecule has 0 unspecified atom stereocenters. The summed E-state index contributed by atoms with van der Waals surface area (Å²) < 4.78 is 0. The van der Waals surface area contributed by atoms with Crippen molar-refractivity contribution in [2.75, 3.05) is 22.1 Å². The highest BCUT2D eigenvalue weighted by Gasteiger charge is 2.35. The van der Waals surface area contributed by atoms with Gasteiger partial charge in [0.2, 0.25) is 17.8 Å². The number of carbonyl (C=O) groups excluding carboxylic acids is 2. The molecule has 2 aliphatic rings. The third kappa shape index (κ3) is 3.64. The summed E-state index contributed by atoms with van der Waals surface area (Å²) in [6.07, 6.45) is 0.733. The summed E-state index contributed by atoms with van der Waals surface area (Å²) in [7, 11) is 0. The minimum Gasteiger partial charge on any atom is -0.338 e. The quantitative estimate of drug-likeness (QED) is 0.593. The van der Waals surface area contributed by atoms with Crippen molar-refractivity contribution >= 4 is 29.3 Å². The molecule has 2 aromatic carbocycles. The second-order valence-electron chi connectivity index (χ2n) is 8.20. The number of amides is 2. The lowest BCUT2D eigenvalue weighted by Gasteiger charge is -2.30. The number of H-pyrrole nitrogens is 1. The second-order valence-corrected chi connectivity index (χ2v) is 8.20. The van der Waals surface area contributed by atoms with E-state index in [1.54, 1.807) is 6.07 Å². The molecule has 0 radical (unpaired) electrons. The zero-order valence-corrected chi connectivity index (χ0v) is 17.6. The summed E-state index contributed by atoms with van der Waals surface area (Å²) >= 11 is 0. The lowest BCUT2D eigenvalue weighted by atomic mass is 9.92. The molecule has 0 spiro atoms. The molecule has 8 heteroatoms. The lowest BCUT2D eigenvalue weighted by molar-refractivity contribution is -0.123. The van der Waals surface area contributed by atoms with E-state index < -0.39 is 17.4 Å². The largest absolute Gasteiger partial charge is 0.338 e. The third-order valence-corrected chi connectivity index (χ3v) is 6.09. The van der Waals surface area contributed by atoms with Gasteiger partial charge in [-0.15, -0.1) is 0 Å². The normalized spacial score (nSPS) is 17.2. The molecule has 8 nitrogen and oxygen atoms in total. The zero-order valence-electron chi connectivity index (χ0n) is 17.6. The van der Waals surface area contributed by atoms with Gasteiger partial charge in [-0.2, -0.15) is 4.98 Å². The molecule has 162 valence electrons. The van der Waals surface area contributed by atoms with Gasteiger partial charge in [0, 0.05) is 25.2 Å². The van der Waals surface area contributed by atoms with Crippen molar-refractivity contribution in [3.63, 3.8) is 0 Å². The molecule has 2 amide bonds. The Hall–Kier alpha value is -3.94. The van der Waals surface area contributed by atoms with Gasteiger partial charge in [-0.25, -0.2) is 0 Å². The molecule has 3 N–H and O–H groups in total. The Balaban J connectivity index is 1.46. The van der Waals surface area contributed by atoms with Gasteiger partial charge in [0.1, 0.15) is 5.82 Å². The fraction of sp³-hybridized carbons (Fsp3) is 0.250. The van der Waals surface area contributed by atoms with Crippen molar-refractivity contribution in [3.8, 4) is 0 Å². The molecule has 1 atom stereocenters. The lowest BCUT2D eigenvalue weighted by Crippen LogP contribution is -2.39. The number of hydrogen-bond donors (Lipinski definition) is 3. The smallest absolute Gasteiger partial charge is 0.258 e. The van der Waals surface area contributed by atoms with Gasteiger partial charge in [0.15, 0.2) is 0 Å². The number of aryl methyl sites for hydroxylation is 1. The highest BCUT2D eigenvalue weighted by Crippen LogP contribution is 2.31. The number of nitrogens with one attached hydrogen (secondary N) is 3. The van der Waals surface area contributed by atoms with Gasteiger partial charge in [-0.1, -0.05) is 42.5 Å². The molecule has 3 aromatic rings. The average molecular weight is 429 g/mol. The van der Waals surface area contributed by atoms with Gasteiger partial charge < -0.3 is 15.5 Å². The van der Waals surface area contributed by atoms with E-state index in [4.69, 9.17) is 0 Å². The number of aromatic amines is 1. The van der Waals surface area contributed by atoms with Gasteiger partial charge in [0.05, 0.1) is 11.5 Å². The first-order chi connectivity index (χ1) is 15.5. The van der Waals surface area contributed by atoms with E-state index in [1.807, 2.05) is 42.2 Å². The summed E-state index contributed by atoms with van der Waals surface area (Å²) in [4.78, 5) is 47.8.